The summed E-state index contributed by atoms with van der Waals surface area (Å²) >= 11 is 0. The first kappa shape index (κ1) is 17.2. The zero-order chi connectivity index (χ0) is 17.0. The van der Waals surface area contributed by atoms with Crippen LogP contribution in [0.15, 0.2) is 41.8 Å². The van der Waals surface area contributed by atoms with Crippen LogP contribution in [0.5, 0.6) is 0 Å². The average molecular weight is 338 g/mol. The maximum Gasteiger partial charge on any atom is 0.326 e. The molecule has 2 N–H and O–H groups in total. The Balaban J connectivity index is 2.27. The van der Waals surface area contributed by atoms with Gasteiger partial charge < -0.3 is 10.0 Å². The van der Waals surface area contributed by atoms with Crippen molar-refractivity contribution in [2.45, 2.75) is 23.8 Å². The molecule has 0 unspecified atom stereocenters. The lowest BCUT2D eigenvalue weighted by molar-refractivity contribution is -0.141. The number of rotatable bonds is 6. The molecule has 0 bridgehead atoms. The molecule has 1 aliphatic heterocycles. The number of carboxylic acid groups (broad SMARTS) is 1. The number of hydrogen-bond donors (Lipinski definition) is 2. The lowest BCUT2D eigenvalue weighted by Crippen LogP contribution is -2.40. The Kier molecular flexibility index (Phi) is 5.17. The van der Waals surface area contributed by atoms with Gasteiger partial charge in [0, 0.05) is 18.7 Å². The summed E-state index contributed by atoms with van der Waals surface area (Å²) in [5, 5.41) is 9.15. The average Bonchev–Trinajstić information content (AvgIpc) is 3.02. The van der Waals surface area contributed by atoms with E-state index in [0.717, 1.165) is 0 Å². The minimum atomic E-state index is -3.74. The number of amides is 1. The van der Waals surface area contributed by atoms with Gasteiger partial charge in [-0.3, -0.25) is 4.79 Å². The molecule has 1 fully saturated rings. The standard InChI is InChI=1S/C15H18N2O5S/c1-2-8-16-23(21,22)12-6-3-5-11(10-12)14(18)17-9-4-7-13(17)15(19)20/h2-3,5-6,10,13,16H,1,4,7-9H2,(H,19,20)/t13-/m0/s1. The number of carboxylic acids is 1. The first-order valence-electron chi connectivity index (χ1n) is 7.11. The van der Waals surface area contributed by atoms with E-state index in [0.29, 0.717) is 19.4 Å². The molecule has 1 aromatic rings. The Morgan fingerprint density at radius 1 is 1.43 bits per heavy atom. The molecule has 0 saturated carbocycles. The van der Waals surface area contributed by atoms with Gasteiger partial charge in [-0.05, 0) is 31.0 Å². The van der Waals surface area contributed by atoms with Crippen molar-refractivity contribution in [3.8, 4) is 0 Å². The maximum absolute atomic E-state index is 12.5. The third kappa shape index (κ3) is 3.77. The van der Waals surface area contributed by atoms with Gasteiger partial charge in [0.25, 0.3) is 5.91 Å². The molecule has 7 nitrogen and oxygen atoms in total. The van der Waals surface area contributed by atoms with E-state index in [4.69, 9.17) is 5.11 Å². The van der Waals surface area contributed by atoms with E-state index in [2.05, 4.69) is 11.3 Å². The monoisotopic (exact) mass is 338 g/mol. The first-order chi connectivity index (χ1) is 10.9. The Morgan fingerprint density at radius 3 is 2.83 bits per heavy atom. The summed E-state index contributed by atoms with van der Waals surface area (Å²) in [4.78, 5) is 24.9. The van der Waals surface area contributed by atoms with Crippen molar-refractivity contribution < 1.29 is 23.1 Å². The number of nitrogens with zero attached hydrogens (tertiary/aromatic N) is 1. The van der Waals surface area contributed by atoms with E-state index in [9.17, 15) is 18.0 Å². The Morgan fingerprint density at radius 2 is 2.17 bits per heavy atom. The summed E-state index contributed by atoms with van der Waals surface area (Å²) in [5.41, 5.74) is 0.152. The van der Waals surface area contributed by atoms with Crippen molar-refractivity contribution in [3.05, 3.63) is 42.5 Å². The number of aliphatic carboxylic acids is 1. The summed E-state index contributed by atoms with van der Waals surface area (Å²) in [6.45, 7) is 3.86. The highest BCUT2D eigenvalue weighted by molar-refractivity contribution is 7.89. The molecule has 1 aliphatic rings. The number of likely N-dealkylation sites (tertiary alicyclic amines) is 1. The molecule has 1 aromatic carbocycles. The second kappa shape index (κ2) is 6.93. The minimum absolute atomic E-state index is 0.0451. The van der Waals surface area contributed by atoms with Gasteiger partial charge in [-0.15, -0.1) is 6.58 Å². The van der Waals surface area contributed by atoms with E-state index >= 15 is 0 Å². The normalized spacial score (nSPS) is 17.9. The molecule has 0 radical (unpaired) electrons. The molecule has 23 heavy (non-hydrogen) atoms. The molecule has 1 saturated heterocycles. The Bertz CT molecular complexity index is 729. The van der Waals surface area contributed by atoms with Crippen LogP contribution in [0.1, 0.15) is 23.2 Å². The van der Waals surface area contributed by atoms with E-state index in [1.807, 2.05) is 0 Å². The highest BCUT2D eigenvalue weighted by Gasteiger charge is 2.34. The van der Waals surface area contributed by atoms with Crippen LogP contribution in [0, 0.1) is 0 Å². The van der Waals surface area contributed by atoms with E-state index < -0.39 is 27.9 Å². The van der Waals surface area contributed by atoms with Crippen molar-refractivity contribution >= 4 is 21.9 Å². The molecular weight excluding hydrogens is 320 g/mol. The van der Waals surface area contributed by atoms with Crippen LogP contribution in [0.25, 0.3) is 0 Å². The maximum atomic E-state index is 12.5. The predicted molar refractivity (Wildman–Crippen MR) is 83.5 cm³/mol. The van der Waals surface area contributed by atoms with Gasteiger partial charge in [-0.1, -0.05) is 12.1 Å². The molecule has 8 heteroatoms. The van der Waals surface area contributed by atoms with Gasteiger partial charge in [-0.2, -0.15) is 0 Å². The molecule has 0 aliphatic carbocycles. The van der Waals surface area contributed by atoms with Gasteiger partial charge in [-0.25, -0.2) is 17.9 Å². The minimum Gasteiger partial charge on any atom is -0.480 e. The topological polar surface area (TPSA) is 104 Å². The van der Waals surface area contributed by atoms with Gasteiger partial charge in [0.2, 0.25) is 10.0 Å². The molecule has 1 amide bonds. The molecule has 0 spiro atoms. The SMILES string of the molecule is C=CCNS(=O)(=O)c1cccc(C(=O)N2CCC[C@H]2C(=O)O)c1. The van der Waals surface area contributed by atoms with Gasteiger partial charge in [0.15, 0.2) is 0 Å². The summed E-state index contributed by atoms with van der Waals surface area (Å²) in [6.07, 6.45) is 2.43. The first-order valence-corrected chi connectivity index (χ1v) is 8.59. The third-order valence-corrected chi connectivity index (χ3v) is 5.03. The lowest BCUT2D eigenvalue weighted by atomic mass is 10.1. The summed E-state index contributed by atoms with van der Waals surface area (Å²) < 4.78 is 26.5. The number of benzene rings is 1. The van der Waals surface area contributed by atoms with Crippen LogP contribution in [0.3, 0.4) is 0 Å². The fraction of sp³-hybridized carbons (Fsp3) is 0.333. The zero-order valence-corrected chi connectivity index (χ0v) is 13.3. The van der Waals surface area contributed by atoms with Crippen LogP contribution < -0.4 is 4.72 Å². The highest BCUT2D eigenvalue weighted by atomic mass is 32.2. The van der Waals surface area contributed by atoms with Crippen molar-refractivity contribution in [2.75, 3.05) is 13.1 Å². The van der Waals surface area contributed by atoms with Crippen LogP contribution >= 0.6 is 0 Å². The number of carbonyl (C=O) groups is 2. The van der Waals surface area contributed by atoms with Crippen molar-refractivity contribution in [3.63, 3.8) is 0 Å². The van der Waals surface area contributed by atoms with Gasteiger partial charge >= 0.3 is 5.97 Å². The smallest absolute Gasteiger partial charge is 0.326 e. The van der Waals surface area contributed by atoms with E-state index in [1.54, 1.807) is 0 Å². The number of carbonyl (C=O) groups excluding carboxylic acids is 1. The molecule has 124 valence electrons. The highest BCUT2D eigenvalue weighted by Crippen LogP contribution is 2.21. The lowest BCUT2D eigenvalue weighted by Gasteiger charge is -2.21. The summed E-state index contributed by atoms with van der Waals surface area (Å²) in [7, 11) is -3.74. The fourth-order valence-corrected chi connectivity index (χ4v) is 3.52. The Labute approximate surface area is 134 Å². The summed E-state index contributed by atoms with van der Waals surface area (Å²) in [5.74, 6) is -1.53. The van der Waals surface area contributed by atoms with Gasteiger partial charge in [0.1, 0.15) is 6.04 Å². The molecule has 1 heterocycles. The molecule has 1 atom stereocenters. The quantitative estimate of drug-likeness (QED) is 0.748. The largest absolute Gasteiger partial charge is 0.480 e. The van der Waals surface area contributed by atoms with Crippen molar-refractivity contribution in [1.82, 2.24) is 9.62 Å². The van der Waals surface area contributed by atoms with Crippen LogP contribution in [-0.2, 0) is 14.8 Å². The van der Waals surface area contributed by atoms with Crippen molar-refractivity contribution in [1.29, 1.82) is 0 Å². The second-order valence-corrected chi connectivity index (χ2v) is 6.93. The fourth-order valence-electron chi connectivity index (χ4n) is 2.48. The van der Waals surface area contributed by atoms with Crippen LogP contribution in [-0.4, -0.2) is 49.4 Å². The summed E-state index contributed by atoms with van der Waals surface area (Å²) in [6, 6.07) is 4.71. The molecule has 0 aromatic heterocycles. The van der Waals surface area contributed by atoms with Gasteiger partial charge in [0.05, 0.1) is 4.90 Å². The number of nitrogens with one attached hydrogen (secondary N) is 1. The predicted octanol–water partition coefficient (Wildman–Crippen LogP) is 0.840. The Hall–Kier alpha value is -2.19. The van der Waals surface area contributed by atoms with E-state index in [1.165, 1.54) is 35.2 Å². The molecule has 2 rings (SSSR count). The van der Waals surface area contributed by atoms with Crippen LogP contribution in [0.4, 0.5) is 0 Å². The zero-order valence-electron chi connectivity index (χ0n) is 12.4. The van der Waals surface area contributed by atoms with Crippen LogP contribution in [0.2, 0.25) is 0 Å². The number of sulfonamides is 1. The van der Waals surface area contributed by atoms with Crippen molar-refractivity contribution in [2.24, 2.45) is 0 Å². The molecular formula is C15H18N2O5S. The second-order valence-electron chi connectivity index (χ2n) is 5.16. The third-order valence-electron chi connectivity index (χ3n) is 3.61. The van der Waals surface area contributed by atoms with E-state index in [-0.39, 0.29) is 17.0 Å². The number of hydrogen-bond acceptors (Lipinski definition) is 4.